The van der Waals surface area contributed by atoms with Crippen LogP contribution in [0.4, 0.5) is 0 Å². The summed E-state index contributed by atoms with van der Waals surface area (Å²) in [5.41, 5.74) is 5.71. The molecule has 0 heterocycles. The summed E-state index contributed by atoms with van der Waals surface area (Å²) in [5.74, 6) is 1.93. The Bertz CT molecular complexity index is 284. The predicted molar refractivity (Wildman–Crippen MR) is 78.7 cm³/mol. The Labute approximate surface area is 117 Å². The highest BCUT2D eigenvalue weighted by Crippen LogP contribution is 2.30. The standard InChI is InChI=1S/C16H30N2O/c1-2-13-5-3-4-6-15(13)18-16(19)14-9-7-12(11-17)8-10-14/h12-15H,2-11,17H2,1H3,(H,18,19). The molecular formula is C16H30N2O. The van der Waals surface area contributed by atoms with E-state index < -0.39 is 0 Å². The summed E-state index contributed by atoms with van der Waals surface area (Å²) in [7, 11) is 0. The lowest BCUT2D eigenvalue weighted by atomic mass is 9.80. The van der Waals surface area contributed by atoms with Gasteiger partial charge in [0, 0.05) is 12.0 Å². The van der Waals surface area contributed by atoms with E-state index in [0.717, 1.165) is 32.2 Å². The number of nitrogens with one attached hydrogen (secondary N) is 1. The molecular weight excluding hydrogens is 236 g/mol. The second-order valence-electron chi connectivity index (χ2n) is 6.52. The van der Waals surface area contributed by atoms with Crippen LogP contribution in [-0.4, -0.2) is 18.5 Å². The molecule has 19 heavy (non-hydrogen) atoms. The quantitative estimate of drug-likeness (QED) is 0.822. The second kappa shape index (κ2) is 7.28. The Morgan fingerprint density at radius 3 is 2.42 bits per heavy atom. The molecule has 2 saturated carbocycles. The lowest BCUT2D eigenvalue weighted by Gasteiger charge is -2.34. The smallest absolute Gasteiger partial charge is 0.223 e. The monoisotopic (exact) mass is 266 g/mol. The minimum atomic E-state index is 0.252. The third-order valence-electron chi connectivity index (χ3n) is 5.31. The van der Waals surface area contributed by atoms with E-state index in [9.17, 15) is 4.79 Å². The Hall–Kier alpha value is -0.570. The average molecular weight is 266 g/mol. The zero-order chi connectivity index (χ0) is 13.7. The maximum Gasteiger partial charge on any atom is 0.223 e. The largest absolute Gasteiger partial charge is 0.353 e. The van der Waals surface area contributed by atoms with Crippen LogP contribution in [0, 0.1) is 17.8 Å². The highest BCUT2D eigenvalue weighted by molar-refractivity contribution is 5.79. The van der Waals surface area contributed by atoms with E-state index in [4.69, 9.17) is 5.73 Å². The molecule has 2 fully saturated rings. The zero-order valence-corrected chi connectivity index (χ0v) is 12.4. The van der Waals surface area contributed by atoms with Crippen molar-refractivity contribution in [3.8, 4) is 0 Å². The van der Waals surface area contributed by atoms with Crippen molar-refractivity contribution in [2.24, 2.45) is 23.5 Å². The van der Waals surface area contributed by atoms with Gasteiger partial charge in [-0.25, -0.2) is 0 Å². The molecule has 0 aromatic rings. The summed E-state index contributed by atoms with van der Waals surface area (Å²) in [6.45, 7) is 3.04. The molecule has 2 atom stereocenters. The number of hydrogen-bond donors (Lipinski definition) is 2. The molecule has 2 aliphatic carbocycles. The highest BCUT2D eigenvalue weighted by atomic mass is 16.1. The fraction of sp³-hybridized carbons (Fsp3) is 0.938. The van der Waals surface area contributed by atoms with Crippen molar-refractivity contribution in [2.75, 3.05) is 6.54 Å². The molecule has 0 aliphatic heterocycles. The fourth-order valence-corrected chi connectivity index (χ4v) is 3.85. The molecule has 0 spiro atoms. The van der Waals surface area contributed by atoms with Crippen molar-refractivity contribution in [2.45, 2.75) is 70.8 Å². The molecule has 0 saturated heterocycles. The van der Waals surface area contributed by atoms with Crippen LogP contribution < -0.4 is 11.1 Å². The first-order valence-corrected chi connectivity index (χ1v) is 8.25. The molecule has 0 aromatic heterocycles. The Morgan fingerprint density at radius 1 is 1.11 bits per heavy atom. The molecule has 3 nitrogen and oxygen atoms in total. The topological polar surface area (TPSA) is 55.1 Å². The van der Waals surface area contributed by atoms with Crippen molar-refractivity contribution in [3.63, 3.8) is 0 Å². The van der Waals surface area contributed by atoms with E-state index in [1.54, 1.807) is 0 Å². The minimum absolute atomic E-state index is 0.252. The van der Waals surface area contributed by atoms with Gasteiger partial charge >= 0.3 is 0 Å². The number of carbonyl (C=O) groups excluding carboxylic acids is 1. The normalized spacial score (nSPS) is 35.9. The molecule has 1 amide bonds. The first-order valence-electron chi connectivity index (χ1n) is 8.25. The van der Waals surface area contributed by atoms with E-state index >= 15 is 0 Å². The minimum Gasteiger partial charge on any atom is -0.353 e. The number of carbonyl (C=O) groups is 1. The summed E-state index contributed by atoms with van der Waals surface area (Å²) in [6.07, 6.45) is 10.6. The second-order valence-corrected chi connectivity index (χ2v) is 6.52. The Kier molecular flexibility index (Phi) is 5.68. The van der Waals surface area contributed by atoms with Gasteiger partial charge in [0.1, 0.15) is 0 Å². The summed E-state index contributed by atoms with van der Waals surface area (Å²) in [4.78, 5) is 12.4. The molecule has 0 aromatic carbocycles. The van der Waals surface area contributed by atoms with Gasteiger partial charge in [-0.3, -0.25) is 4.79 Å². The average Bonchev–Trinajstić information content (AvgIpc) is 2.48. The van der Waals surface area contributed by atoms with Crippen LogP contribution in [0.5, 0.6) is 0 Å². The van der Waals surface area contributed by atoms with E-state index in [2.05, 4.69) is 12.2 Å². The molecule has 3 heteroatoms. The van der Waals surface area contributed by atoms with Crippen molar-refractivity contribution in [3.05, 3.63) is 0 Å². The molecule has 2 aliphatic rings. The first kappa shape index (κ1) is 14.8. The van der Waals surface area contributed by atoms with Crippen LogP contribution in [0.15, 0.2) is 0 Å². The summed E-state index contributed by atoms with van der Waals surface area (Å²) >= 11 is 0. The molecule has 110 valence electrons. The van der Waals surface area contributed by atoms with Crippen LogP contribution in [0.1, 0.15) is 64.7 Å². The lowest BCUT2D eigenvalue weighted by molar-refractivity contribution is -0.127. The molecule has 3 N–H and O–H groups in total. The summed E-state index contributed by atoms with van der Waals surface area (Å²) in [6, 6.07) is 0.443. The van der Waals surface area contributed by atoms with Crippen molar-refractivity contribution < 1.29 is 4.79 Å². The van der Waals surface area contributed by atoms with Gasteiger partial charge in [-0.05, 0) is 56.9 Å². The van der Waals surface area contributed by atoms with Crippen LogP contribution in [-0.2, 0) is 4.79 Å². The van der Waals surface area contributed by atoms with E-state index in [0.29, 0.717) is 23.8 Å². The maximum absolute atomic E-state index is 12.4. The van der Waals surface area contributed by atoms with Crippen molar-refractivity contribution >= 4 is 5.91 Å². The van der Waals surface area contributed by atoms with Gasteiger partial charge in [0.05, 0.1) is 0 Å². The van der Waals surface area contributed by atoms with Crippen LogP contribution in [0.2, 0.25) is 0 Å². The van der Waals surface area contributed by atoms with Crippen LogP contribution in [0.3, 0.4) is 0 Å². The highest BCUT2D eigenvalue weighted by Gasteiger charge is 2.30. The van der Waals surface area contributed by atoms with Gasteiger partial charge < -0.3 is 11.1 Å². The number of hydrogen-bond acceptors (Lipinski definition) is 2. The van der Waals surface area contributed by atoms with Gasteiger partial charge in [-0.2, -0.15) is 0 Å². The third-order valence-corrected chi connectivity index (χ3v) is 5.31. The maximum atomic E-state index is 12.4. The lowest BCUT2D eigenvalue weighted by Crippen LogP contribution is -2.45. The molecule has 2 unspecified atom stereocenters. The van der Waals surface area contributed by atoms with Gasteiger partial charge in [0.15, 0.2) is 0 Å². The van der Waals surface area contributed by atoms with Crippen LogP contribution in [0.25, 0.3) is 0 Å². The summed E-state index contributed by atoms with van der Waals surface area (Å²) < 4.78 is 0. The SMILES string of the molecule is CCC1CCCCC1NC(=O)C1CCC(CN)CC1. The van der Waals surface area contributed by atoms with E-state index in [1.165, 1.54) is 32.1 Å². The molecule has 0 radical (unpaired) electrons. The molecule has 0 bridgehead atoms. The Morgan fingerprint density at radius 2 is 1.79 bits per heavy atom. The number of amides is 1. The fourth-order valence-electron chi connectivity index (χ4n) is 3.85. The molecule has 2 rings (SSSR count). The van der Waals surface area contributed by atoms with E-state index in [1.807, 2.05) is 0 Å². The summed E-state index contributed by atoms with van der Waals surface area (Å²) in [5, 5.41) is 3.35. The number of rotatable bonds is 4. The van der Waals surface area contributed by atoms with Crippen LogP contribution >= 0.6 is 0 Å². The third kappa shape index (κ3) is 3.95. The van der Waals surface area contributed by atoms with Crippen molar-refractivity contribution in [1.29, 1.82) is 0 Å². The van der Waals surface area contributed by atoms with Gasteiger partial charge in [0.25, 0.3) is 0 Å². The zero-order valence-electron chi connectivity index (χ0n) is 12.4. The predicted octanol–water partition coefficient (Wildman–Crippen LogP) is 2.84. The Balaban J connectivity index is 1.80. The van der Waals surface area contributed by atoms with Gasteiger partial charge in [-0.1, -0.05) is 26.2 Å². The van der Waals surface area contributed by atoms with Gasteiger partial charge in [0.2, 0.25) is 5.91 Å². The van der Waals surface area contributed by atoms with E-state index in [-0.39, 0.29) is 5.92 Å². The van der Waals surface area contributed by atoms with Crippen molar-refractivity contribution in [1.82, 2.24) is 5.32 Å². The number of nitrogens with two attached hydrogens (primary N) is 1. The van der Waals surface area contributed by atoms with Gasteiger partial charge in [-0.15, -0.1) is 0 Å². The first-order chi connectivity index (χ1) is 9.24.